The van der Waals surface area contributed by atoms with E-state index in [2.05, 4.69) is 52.0 Å². The van der Waals surface area contributed by atoms with E-state index in [1.54, 1.807) is 6.07 Å². The molecule has 0 saturated heterocycles. The third kappa shape index (κ3) is 3.52. The van der Waals surface area contributed by atoms with Crippen LogP contribution in [0.4, 0.5) is 4.39 Å². The maximum absolute atomic E-state index is 15.3. The van der Waals surface area contributed by atoms with Crippen molar-refractivity contribution in [3.63, 3.8) is 0 Å². The van der Waals surface area contributed by atoms with Gasteiger partial charge in [0.2, 0.25) is 0 Å². The molecule has 0 radical (unpaired) electrons. The molecule has 2 aliphatic rings. The van der Waals surface area contributed by atoms with E-state index in [0.29, 0.717) is 12.1 Å². The molecule has 30 heavy (non-hydrogen) atoms. The van der Waals surface area contributed by atoms with Crippen LogP contribution in [-0.2, 0) is 16.0 Å². The first-order valence-electron chi connectivity index (χ1n) is 10.4. The highest BCUT2D eigenvalue weighted by atomic mass is 79.9. The van der Waals surface area contributed by atoms with Crippen molar-refractivity contribution in [3.05, 3.63) is 74.5 Å². The van der Waals surface area contributed by atoms with Crippen LogP contribution < -0.4 is 0 Å². The molecule has 4 rings (SSSR count). The molecule has 0 N–H and O–H groups in total. The van der Waals surface area contributed by atoms with Gasteiger partial charge in [-0.25, -0.2) is 4.39 Å². The van der Waals surface area contributed by atoms with E-state index in [1.807, 2.05) is 13.8 Å². The number of esters is 1. The molecule has 3 nitrogen and oxygen atoms in total. The Morgan fingerprint density at radius 1 is 1.30 bits per heavy atom. The fourth-order valence-electron chi connectivity index (χ4n) is 5.05. The van der Waals surface area contributed by atoms with Crippen molar-refractivity contribution in [2.24, 2.45) is 5.92 Å². The molecular formula is C25H27BrFNO2. The standard InChI is InChI=1S/C25H27BrFNO2/c1-14(25(29)30-4)13-28-15(2)11-19-18-8-6-5-7-17(18)12-20(19)24(28)23-16(3)21(26)9-10-22(23)27/h5-10,14-15,24H,11-13H2,1-4H3/t14-,15+,24-/m0/s1. The Bertz CT molecular complexity index is 1030. The molecule has 0 amide bonds. The number of carbonyl (C=O) groups is 1. The van der Waals surface area contributed by atoms with Gasteiger partial charge in [0, 0.05) is 22.6 Å². The lowest BCUT2D eigenvalue weighted by Gasteiger charge is -2.43. The third-order valence-corrected chi connectivity index (χ3v) is 7.45. The molecule has 0 bridgehead atoms. The van der Waals surface area contributed by atoms with E-state index in [9.17, 15) is 4.79 Å². The fourth-order valence-corrected chi connectivity index (χ4v) is 5.39. The van der Waals surface area contributed by atoms with Gasteiger partial charge in [-0.05, 0) is 66.7 Å². The van der Waals surface area contributed by atoms with Crippen LogP contribution in [0.2, 0.25) is 0 Å². The highest BCUT2D eigenvalue weighted by Gasteiger charge is 2.41. The largest absolute Gasteiger partial charge is 0.469 e. The second kappa shape index (κ2) is 8.27. The highest BCUT2D eigenvalue weighted by Crippen LogP contribution is 2.50. The van der Waals surface area contributed by atoms with Gasteiger partial charge in [0.1, 0.15) is 5.82 Å². The predicted molar refractivity (Wildman–Crippen MR) is 121 cm³/mol. The number of fused-ring (bicyclic) bond motifs is 2. The number of hydrogen-bond acceptors (Lipinski definition) is 3. The fraction of sp³-hybridized carbons (Fsp3) is 0.400. The van der Waals surface area contributed by atoms with Crippen molar-refractivity contribution in [1.82, 2.24) is 4.90 Å². The molecule has 0 fully saturated rings. The van der Waals surface area contributed by atoms with Crippen molar-refractivity contribution in [3.8, 4) is 0 Å². The monoisotopic (exact) mass is 471 g/mol. The molecule has 2 aromatic carbocycles. The molecule has 1 heterocycles. The Kier molecular flexibility index (Phi) is 5.86. The van der Waals surface area contributed by atoms with Gasteiger partial charge in [0.15, 0.2) is 0 Å². The summed E-state index contributed by atoms with van der Waals surface area (Å²) in [5.41, 5.74) is 6.80. The van der Waals surface area contributed by atoms with Gasteiger partial charge in [-0.3, -0.25) is 9.69 Å². The van der Waals surface area contributed by atoms with E-state index in [0.717, 1.165) is 22.9 Å². The summed E-state index contributed by atoms with van der Waals surface area (Å²) in [6.07, 6.45) is 1.71. The molecule has 0 saturated carbocycles. The van der Waals surface area contributed by atoms with Crippen molar-refractivity contribution < 1.29 is 13.9 Å². The van der Waals surface area contributed by atoms with Crippen LogP contribution >= 0.6 is 15.9 Å². The Hall–Kier alpha value is -1.98. The molecule has 0 spiro atoms. The Morgan fingerprint density at radius 2 is 2.03 bits per heavy atom. The van der Waals surface area contributed by atoms with Crippen LogP contribution in [0, 0.1) is 18.7 Å². The van der Waals surface area contributed by atoms with Crippen LogP contribution in [0.1, 0.15) is 48.6 Å². The summed E-state index contributed by atoms with van der Waals surface area (Å²) in [5, 5.41) is 0. The van der Waals surface area contributed by atoms with Crippen molar-refractivity contribution >= 4 is 27.5 Å². The summed E-state index contributed by atoms with van der Waals surface area (Å²) >= 11 is 3.59. The topological polar surface area (TPSA) is 29.5 Å². The maximum Gasteiger partial charge on any atom is 0.309 e. The number of nitrogens with zero attached hydrogens (tertiary/aromatic N) is 1. The number of hydrogen-bond donors (Lipinski definition) is 0. The molecule has 3 atom stereocenters. The lowest BCUT2D eigenvalue weighted by atomic mass is 9.83. The first-order chi connectivity index (χ1) is 14.3. The molecular weight excluding hydrogens is 445 g/mol. The van der Waals surface area contributed by atoms with Gasteiger partial charge < -0.3 is 4.74 Å². The summed E-state index contributed by atoms with van der Waals surface area (Å²) in [4.78, 5) is 14.5. The molecule has 158 valence electrons. The first kappa shape index (κ1) is 21.3. The van der Waals surface area contributed by atoms with Crippen LogP contribution in [0.5, 0.6) is 0 Å². The smallest absolute Gasteiger partial charge is 0.309 e. The van der Waals surface area contributed by atoms with E-state index >= 15 is 4.39 Å². The van der Waals surface area contributed by atoms with Crippen LogP contribution in [0.15, 0.2) is 46.4 Å². The SMILES string of the molecule is COC(=O)[C@@H](C)CN1[C@H](C)CC2=C(Cc3ccccc32)[C@H]1c1c(F)ccc(Br)c1C. The molecule has 1 aliphatic heterocycles. The van der Waals surface area contributed by atoms with Crippen LogP contribution in [-0.4, -0.2) is 30.6 Å². The van der Waals surface area contributed by atoms with Gasteiger partial charge >= 0.3 is 5.97 Å². The summed E-state index contributed by atoms with van der Waals surface area (Å²) in [5.74, 6) is -0.725. The predicted octanol–water partition coefficient (Wildman–Crippen LogP) is 5.85. The number of benzene rings is 2. The lowest BCUT2D eigenvalue weighted by molar-refractivity contribution is -0.145. The van der Waals surface area contributed by atoms with E-state index in [-0.39, 0.29) is 29.8 Å². The summed E-state index contributed by atoms with van der Waals surface area (Å²) < 4.78 is 21.2. The average Bonchev–Trinajstić information content (AvgIpc) is 3.10. The zero-order valence-electron chi connectivity index (χ0n) is 17.8. The molecule has 0 aromatic heterocycles. The summed E-state index contributed by atoms with van der Waals surface area (Å²) in [6, 6.07) is 11.8. The van der Waals surface area contributed by atoms with Gasteiger partial charge in [-0.1, -0.05) is 47.1 Å². The van der Waals surface area contributed by atoms with E-state index < -0.39 is 0 Å². The highest BCUT2D eigenvalue weighted by molar-refractivity contribution is 9.10. The van der Waals surface area contributed by atoms with Gasteiger partial charge in [0.25, 0.3) is 0 Å². The number of ether oxygens (including phenoxy) is 1. The molecule has 1 aliphatic carbocycles. The summed E-state index contributed by atoms with van der Waals surface area (Å²) in [7, 11) is 1.42. The lowest BCUT2D eigenvalue weighted by Crippen LogP contribution is -2.45. The number of rotatable bonds is 4. The quantitative estimate of drug-likeness (QED) is 0.523. The first-order valence-corrected chi connectivity index (χ1v) is 11.2. The van der Waals surface area contributed by atoms with Gasteiger partial charge in [-0.2, -0.15) is 0 Å². The van der Waals surface area contributed by atoms with Crippen LogP contribution in [0.3, 0.4) is 0 Å². The Labute approximate surface area is 186 Å². The number of carbonyl (C=O) groups excluding carboxylic acids is 1. The molecule has 2 aromatic rings. The normalized spacial score (nSPS) is 21.9. The van der Waals surface area contributed by atoms with Crippen molar-refractivity contribution in [1.29, 1.82) is 0 Å². The van der Waals surface area contributed by atoms with Crippen molar-refractivity contribution in [2.75, 3.05) is 13.7 Å². The Morgan fingerprint density at radius 3 is 2.77 bits per heavy atom. The minimum absolute atomic E-state index is 0.171. The minimum Gasteiger partial charge on any atom is -0.469 e. The van der Waals surface area contributed by atoms with Crippen LogP contribution in [0.25, 0.3) is 5.57 Å². The minimum atomic E-state index is -0.290. The maximum atomic E-state index is 15.3. The molecule has 0 unspecified atom stereocenters. The zero-order chi connectivity index (χ0) is 21.6. The molecule has 5 heteroatoms. The second-order valence-corrected chi connectivity index (χ2v) is 9.34. The van der Waals surface area contributed by atoms with Gasteiger partial charge in [-0.15, -0.1) is 0 Å². The van der Waals surface area contributed by atoms with Gasteiger partial charge in [0.05, 0.1) is 19.1 Å². The van der Waals surface area contributed by atoms with Crippen molar-refractivity contribution in [2.45, 2.75) is 45.7 Å². The zero-order valence-corrected chi connectivity index (χ0v) is 19.4. The average molecular weight is 472 g/mol. The Balaban J connectivity index is 1.87. The second-order valence-electron chi connectivity index (χ2n) is 8.48. The van der Waals surface area contributed by atoms with E-state index in [4.69, 9.17) is 4.74 Å². The third-order valence-electron chi connectivity index (χ3n) is 6.60. The number of halogens is 2. The van der Waals surface area contributed by atoms with E-state index in [1.165, 1.54) is 35.4 Å². The number of methoxy groups -OCH3 is 1. The summed E-state index contributed by atoms with van der Waals surface area (Å²) in [6.45, 7) is 6.54.